The van der Waals surface area contributed by atoms with Gasteiger partial charge >= 0.3 is 11.9 Å². The number of sulfonamides is 1. The normalized spacial score (nSPS) is 17.3. The molecule has 0 amide bonds. The van der Waals surface area contributed by atoms with Crippen LogP contribution in [0.4, 0.5) is 0 Å². The Hall–Kier alpha value is -1.93. The van der Waals surface area contributed by atoms with Crippen LogP contribution in [0, 0.1) is 0 Å². The zero-order chi connectivity index (χ0) is 17.7. The Balaban J connectivity index is 2.13. The molecule has 8 heteroatoms. The van der Waals surface area contributed by atoms with Crippen LogP contribution in [0.1, 0.15) is 50.0 Å². The second kappa shape index (κ2) is 7.76. The van der Waals surface area contributed by atoms with E-state index in [9.17, 15) is 18.0 Å². The molecule has 0 aliphatic heterocycles. The van der Waals surface area contributed by atoms with Crippen LogP contribution in [-0.2, 0) is 19.6 Å². The molecule has 0 unspecified atom stereocenters. The monoisotopic (exact) mass is 355 g/mol. The van der Waals surface area contributed by atoms with Gasteiger partial charge in [0, 0.05) is 0 Å². The van der Waals surface area contributed by atoms with Crippen LogP contribution >= 0.6 is 0 Å². The lowest BCUT2D eigenvalue weighted by Gasteiger charge is -2.22. The Bertz CT molecular complexity index is 692. The minimum Gasteiger partial charge on any atom is -0.481 e. The summed E-state index contributed by atoms with van der Waals surface area (Å²) < 4.78 is 26.4. The van der Waals surface area contributed by atoms with Gasteiger partial charge in [-0.2, -0.15) is 4.72 Å². The molecule has 0 heterocycles. The second-order valence-corrected chi connectivity index (χ2v) is 7.73. The molecule has 0 bridgehead atoms. The third-order valence-electron chi connectivity index (χ3n) is 4.24. The summed E-state index contributed by atoms with van der Waals surface area (Å²) in [6, 6.07) is 4.66. The Labute approximate surface area is 140 Å². The molecule has 24 heavy (non-hydrogen) atoms. The molecule has 1 saturated carbocycles. The average molecular weight is 355 g/mol. The summed E-state index contributed by atoms with van der Waals surface area (Å²) in [7, 11) is -4.09. The van der Waals surface area contributed by atoms with E-state index in [-0.39, 0.29) is 4.90 Å². The fourth-order valence-electron chi connectivity index (χ4n) is 2.96. The molecule has 3 N–H and O–H groups in total. The molecule has 1 atom stereocenters. The van der Waals surface area contributed by atoms with E-state index in [2.05, 4.69) is 0 Å². The lowest BCUT2D eigenvalue weighted by molar-refractivity contribution is -0.145. The maximum absolute atomic E-state index is 12.2. The Kier molecular flexibility index (Phi) is 5.95. The molecular formula is C16H21NO6S. The summed E-state index contributed by atoms with van der Waals surface area (Å²) in [6.07, 6.45) is 4.92. The number of nitrogens with one attached hydrogen (secondary N) is 1. The molecule has 2 rings (SSSR count). The molecule has 1 aromatic carbocycles. The smallest absolute Gasteiger partial charge is 0.322 e. The first-order valence-electron chi connectivity index (χ1n) is 7.86. The van der Waals surface area contributed by atoms with Crippen molar-refractivity contribution in [1.82, 2.24) is 4.72 Å². The second-order valence-electron chi connectivity index (χ2n) is 6.01. The van der Waals surface area contributed by atoms with E-state index in [1.807, 2.05) is 4.72 Å². The van der Waals surface area contributed by atoms with Gasteiger partial charge in [-0.15, -0.1) is 0 Å². The molecule has 1 aliphatic carbocycles. The van der Waals surface area contributed by atoms with Crippen LogP contribution in [0.25, 0.3) is 0 Å². The van der Waals surface area contributed by atoms with E-state index >= 15 is 0 Å². The molecule has 7 nitrogen and oxygen atoms in total. The molecule has 1 fully saturated rings. The molecule has 0 saturated heterocycles. The van der Waals surface area contributed by atoms with Gasteiger partial charge in [-0.05, 0) is 36.5 Å². The highest BCUT2D eigenvalue weighted by Gasteiger charge is 2.27. The fourth-order valence-corrected chi connectivity index (χ4v) is 4.15. The van der Waals surface area contributed by atoms with Crippen LogP contribution in [-0.4, -0.2) is 36.6 Å². The van der Waals surface area contributed by atoms with Crippen molar-refractivity contribution in [3.05, 3.63) is 29.8 Å². The summed E-state index contributed by atoms with van der Waals surface area (Å²) in [5.74, 6) is -2.49. The van der Waals surface area contributed by atoms with E-state index in [0.29, 0.717) is 5.92 Å². The van der Waals surface area contributed by atoms with Gasteiger partial charge in [0.25, 0.3) is 0 Å². The highest BCUT2D eigenvalue weighted by atomic mass is 32.2. The predicted molar refractivity (Wildman–Crippen MR) is 86.3 cm³/mol. The number of rotatable bonds is 7. The summed E-state index contributed by atoms with van der Waals surface area (Å²) in [4.78, 5) is 21.6. The number of carboxylic acid groups (broad SMARTS) is 2. The number of aliphatic carboxylic acids is 2. The number of benzene rings is 1. The summed E-state index contributed by atoms with van der Waals surface area (Å²) in [6.45, 7) is 0. The zero-order valence-corrected chi connectivity index (χ0v) is 14.0. The average Bonchev–Trinajstić information content (AvgIpc) is 2.54. The van der Waals surface area contributed by atoms with Crippen molar-refractivity contribution in [2.45, 2.75) is 55.4 Å². The topological polar surface area (TPSA) is 121 Å². The van der Waals surface area contributed by atoms with Gasteiger partial charge in [0.15, 0.2) is 0 Å². The predicted octanol–water partition coefficient (Wildman–Crippen LogP) is 1.94. The van der Waals surface area contributed by atoms with E-state index in [0.717, 1.165) is 18.4 Å². The van der Waals surface area contributed by atoms with Crippen molar-refractivity contribution in [3.8, 4) is 0 Å². The maximum atomic E-state index is 12.2. The Morgan fingerprint density at radius 1 is 1.08 bits per heavy atom. The number of carboxylic acids is 2. The van der Waals surface area contributed by atoms with E-state index in [4.69, 9.17) is 10.2 Å². The first kappa shape index (κ1) is 18.4. The highest BCUT2D eigenvalue weighted by Crippen LogP contribution is 2.32. The van der Waals surface area contributed by atoms with E-state index in [1.54, 1.807) is 12.1 Å². The van der Waals surface area contributed by atoms with Gasteiger partial charge < -0.3 is 10.2 Å². The van der Waals surface area contributed by atoms with E-state index in [1.165, 1.54) is 31.4 Å². The Morgan fingerprint density at radius 3 is 2.17 bits per heavy atom. The van der Waals surface area contributed by atoms with Crippen molar-refractivity contribution in [3.63, 3.8) is 0 Å². The highest BCUT2D eigenvalue weighted by molar-refractivity contribution is 7.89. The summed E-state index contributed by atoms with van der Waals surface area (Å²) in [5, 5.41) is 17.6. The standard InChI is InChI=1S/C16H21NO6S/c18-15(19)10-14(16(20)21)17-24(22,23)13-8-6-12(7-9-13)11-4-2-1-3-5-11/h6-9,11,14,17H,1-5,10H2,(H,18,19)(H,20,21)/t14-/m1/s1. The molecule has 0 aromatic heterocycles. The third kappa shape index (κ3) is 4.78. The third-order valence-corrected chi connectivity index (χ3v) is 5.73. The number of carbonyl (C=O) groups is 2. The zero-order valence-electron chi connectivity index (χ0n) is 13.1. The van der Waals surface area contributed by atoms with Gasteiger partial charge in [0.05, 0.1) is 11.3 Å². The van der Waals surface area contributed by atoms with Crippen molar-refractivity contribution in [2.75, 3.05) is 0 Å². The molecule has 132 valence electrons. The van der Waals surface area contributed by atoms with E-state index < -0.39 is 34.4 Å². The molecule has 1 aliphatic rings. The molecular weight excluding hydrogens is 334 g/mol. The van der Waals surface area contributed by atoms with Crippen molar-refractivity contribution < 1.29 is 28.2 Å². The maximum Gasteiger partial charge on any atom is 0.322 e. The van der Waals surface area contributed by atoms with Gasteiger partial charge in [0.2, 0.25) is 10.0 Å². The van der Waals surface area contributed by atoms with Crippen LogP contribution in [0.2, 0.25) is 0 Å². The van der Waals surface area contributed by atoms with Crippen LogP contribution in [0.15, 0.2) is 29.2 Å². The minimum absolute atomic E-state index is 0.0706. The van der Waals surface area contributed by atoms with Crippen molar-refractivity contribution in [1.29, 1.82) is 0 Å². The number of hydrogen-bond donors (Lipinski definition) is 3. The van der Waals surface area contributed by atoms with Gasteiger partial charge in [-0.25, -0.2) is 8.42 Å². The fraction of sp³-hybridized carbons (Fsp3) is 0.500. The van der Waals surface area contributed by atoms with Gasteiger partial charge in [-0.3, -0.25) is 9.59 Å². The molecule has 0 spiro atoms. The lowest BCUT2D eigenvalue weighted by Crippen LogP contribution is -2.42. The summed E-state index contributed by atoms with van der Waals surface area (Å²) >= 11 is 0. The minimum atomic E-state index is -4.09. The summed E-state index contributed by atoms with van der Waals surface area (Å²) in [5.41, 5.74) is 1.08. The quantitative estimate of drug-likeness (QED) is 0.687. The lowest BCUT2D eigenvalue weighted by atomic mass is 9.84. The van der Waals surface area contributed by atoms with Gasteiger partial charge in [-0.1, -0.05) is 31.4 Å². The molecule has 0 radical (unpaired) electrons. The largest absolute Gasteiger partial charge is 0.481 e. The van der Waals surface area contributed by atoms with Crippen LogP contribution in [0.3, 0.4) is 0 Å². The number of hydrogen-bond acceptors (Lipinski definition) is 4. The first-order chi connectivity index (χ1) is 11.3. The SMILES string of the molecule is O=C(O)C[C@@H](NS(=O)(=O)c1ccc(C2CCCCC2)cc1)C(=O)O. The first-order valence-corrected chi connectivity index (χ1v) is 9.35. The van der Waals surface area contributed by atoms with Crippen LogP contribution in [0.5, 0.6) is 0 Å². The van der Waals surface area contributed by atoms with Crippen LogP contribution < -0.4 is 4.72 Å². The Morgan fingerprint density at radius 2 is 1.67 bits per heavy atom. The van der Waals surface area contributed by atoms with Crippen molar-refractivity contribution >= 4 is 22.0 Å². The van der Waals surface area contributed by atoms with Gasteiger partial charge in [0.1, 0.15) is 6.04 Å². The van der Waals surface area contributed by atoms with Crippen molar-refractivity contribution in [2.24, 2.45) is 0 Å². The molecule has 1 aromatic rings.